The summed E-state index contributed by atoms with van der Waals surface area (Å²) >= 11 is 0. The highest BCUT2D eigenvalue weighted by Crippen LogP contribution is 2.09. The lowest BCUT2D eigenvalue weighted by molar-refractivity contribution is 0.0596. The van der Waals surface area contributed by atoms with Gasteiger partial charge in [-0.3, -0.25) is 0 Å². The molecule has 1 N–H and O–H groups in total. The van der Waals surface area contributed by atoms with Gasteiger partial charge < -0.3 is 14.6 Å². The summed E-state index contributed by atoms with van der Waals surface area (Å²) in [5, 5.41) is 9.54. The van der Waals surface area contributed by atoms with Crippen molar-refractivity contribution in [2.45, 2.75) is 39.2 Å². The van der Waals surface area contributed by atoms with E-state index in [4.69, 9.17) is 9.47 Å². The summed E-state index contributed by atoms with van der Waals surface area (Å²) in [6.45, 7) is 6.26. The molecule has 0 saturated heterocycles. The van der Waals surface area contributed by atoms with Gasteiger partial charge in [-0.05, 0) is 25.2 Å². The average molecular weight is 204 g/mol. The van der Waals surface area contributed by atoms with E-state index >= 15 is 0 Å². The van der Waals surface area contributed by atoms with Gasteiger partial charge in [-0.15, -0.1) is 0 Å². The second kappa shape index (κ2) is 9.44. The second-order valence-electron chi connectivity index (χ2n) is 4.03. The minimum Gasteiger partial charge on any atom is -0.393 e. The predicted molar refractivity (Wildman–Crippen MR) is 57.4 cm³/mol. The zero-order chi connectivity index (χ0) is 10.8. The molecular weight excluding hydrogens is 180 g/mol. The van der Waals surface area contributed by atoms with Gasteiger partial charge in [0.15, 0.2) is 0 Å². The summed E-state index contributed by atoms with van der Waals surface area (Å²) in [4.78, 5) is 0. The summed E-state index contributed by atoms with van der Waals surface area (Å²) in [5.74, 6) is 0.569. The molecule has 0 fully saturated rings. The lowest BCUT2D eigenvalue weighted by Gasteiger charge is -2.12. The van der Waals surface area contributed by atoms with Gasteiger partial charge in [-0.1, -0.05) is 13.8 Å². The van der Waals surface area contributed by atoms with Crippen molar-refractivity contribution in [1.29, 1.82) is 0 Å². The SMILES string of the molecule is COCCOCCCC(O)CC(C)C. The van der Waals surface area contributed by atoms with E-state index in [0.717, 1.165) is 25.9 Å². The number of rotatable bonds is 9. The molecule has 1 atom stereocenters. The molecular formula is C11H24O3. The van der Waals surface area contributed by atoms with Crippen LogP contribution in [0.2, 0.25) is 0 Å². The first kappa shape index (κ1) is 13.9. The molecule has 0 spiro atoms. The Balaban J connectivity index is 3.10. The molecule has 0 aromatic carbocycles. The molecule has 0 aliphatic rings. The Labute approximate surface area is 87.4 Å². The Hall–Kier alpha value is -0.120. The first-order valence-electron chi connectivity index (χ1n) is 5.41. The van der Waals surface area contributed by atoms with Crippen LogP contribution in [-0.4, -0.2) is 38.1 Å². The largest absolute Gasteiger partial charge is 0.393 e. The number of aliphatic hydroxyl groups is 1. The topological polar surface area (TPSA) is 38.7 Å². The van der Waals surface area contributed by atoms with Gasteiger partial charge in [0.05, 0.1) is 19.3 Å². The zero-order valence-electron chi connectivity index (χ0n) is 9.66. The van der Waals surface area contributed by atoms with E-state index in [1.165, 1.54) is 0 Å². The average Bonchev–Trinajstić information content (AvgIpc) is 2.10. The molecule has 0 saturated carbocycles. The van der Waals surface area contributed by atoms with Crippen molar-refractivity contribution in [3.05, 3.63) is 0 Å². The van der Waals surface area contributed by atoms with Crippen molar-refractivity contribution in [2.24, 2.45) is 5.92 Å². The van der Waals surface area contributed by atoms with Gasteiger partial charge in [-0.25, -0.2) is 0 Å². The van der Waals surface area contributed by atoms with Crippen molar-refractivity contribution in [3.8, 4) is 0 Å². The van der Waals surface area contributed by atoms with Gasteiger partial charge in [-0.2, -0.15) is 0 Å². The summed E-state index contributed by atoms with van der Waals surface area (Å²) in [6.07, 6.45) is 2.49. The fourth-order valence-electron chi connectivity index (χ4n) is 1.33. The highest BCUT2D eigenvalue weighted by atomic mass is 16.5. The zero-order valence-corrected chi connectivity index (χ0v) is 9.66. The first-order valence-corrected chi connectivity index (χ1v) is 5.41. The van der Waals surface area contributed by atoms with Gasteiger partial charge in [0.2, 0.25) is 0 Å². The summed E-state index contributed by atoms with van der Waals surface area (Å²) < 4.78 is 10.1. The van der Waals surface area contributed by atoms with E-state index in [-0.39, 0.29) is 6.10 Å². The quantitative estimate of drug-likeness (QED) is 0.582. The van der Waals surface area contributed by atoms with Crippen LogP contribution in [0.3, 0.4) is 0 Å². The van der Waals surface area contributed by atoms with Crippen molar-refractivity contribution in [1.82, 2.24) is 0 Å². The van der Waals surface area contributed by atoms with Crippen LogP contribution < -0.4 is 0 Å². The molecule has 86 valence electrons. The van der Waals surface area contributed by atoms with E-state index in [1.807, 2.05) is 0 Å². The summed E-state index contributed by atoms with van der Waals surface area (Å²) in [7, 11) is 1.66. The molecule has 1 unspecified atom stereocenters. The number of methoxy groups -OCH3 is 1. The maximum atomic E-state index is 9.54. The lowest BCUT2D eigenvalue weighted by Crippen LogP contribution is -2.11. The van der Waals surface area contributed by atoms with E-state index in [9.17, 15) is 5.11 Å². The normalized spacial score (nSPS) is 13.5. The number of ether oxygens (including phenoxy) is 2. The summed E-state index contributed by atoms with van der Waals surface area (Å²) in [5.41, 5.74) is 0. The Morgan fingerprint density at radius 2 is 1.86 bits per heavy atom. The van der Waals surface area contributed by atoms with Crippen LogP contribution in [0.15, 0.2) is 0 Å². The molecule has 0 amide bonds. The fourth-order valence-corrected chi connectivity index (χ4v) is 1.33. The molecule has 0 aromatic rings. The molecule has 14 heavy (non-hydrogen) atoms. The van der Waals surface area contributed by atoms with Crippen LogP contribution >= 0.6 is 0 Å². The highest BCUT2D eigenvalue weighted by Gasteiger charge is 2.05. The Morgan fingerprint density at radius 1 is 1.14 bits per heavy atom. The van der Waals surface area contributed by atoms with Crippen LogP contribution in [-0.2, 0) is 9.47 Å². The van der Waals surface area contributed by atoms with E-state index in [0.29, 0.717) is 19.1 Å². The van der Waals surface area contributed by atoms with Crippen LogP contribution in [0.5, 0.6) is 0 Å². The molecule has 0 heterocycles. The molecule has 0 aliphatic heterocycles. The van der Waals surface area contributed by atoms with Crippen LogP contribution in [0.1, 0.15) is 33.1 Å². The molecule has 0 aromatic heterocycles. The molecule has 3 heteroatoms. The first-order chi connectivity index (χ1) is 6.66. The van der Waals surface area contributed by atoms with Crippen molar-refractivity contribution >= 4 is 0 Å². The van der Waals surface area contributed by atoms with Crippen LogP contribution in [0.4, 0.5) is 0 Å². The third kappa shape index (κ3) is 9.96. The van der Waals surface area contributed by atoms with Crippen LogP contribution in [0, 0.1) is 5.92 Å². The van der Waals surface area contributed by atoms with E-state index in [1.54, 1.807) is 7.11 Å². The minimum absolute atomic E-state index is 0.166. The van der Waals surface area contributed by atoms with Gasteiger partial charge in [0.25, 0.3) is 0 Å². The maximum Gasteiger partial charge on any atom is 0.0700 e. The fraction of sp³-hybridized carbons (Fsp3) is 1.00. The van der Waals surface area contributed by atoms with E-state index in [2.05, 4.69) is 13.8 Å². The lowest BCUT2D eigenvalue weighted by atomic mass is 10.0. The van der Waals surface area contributed by atoms with Gasteiger partial charge >= 0.3 is 0 Å². The summed E-state index contributed by atoms with van der Waals surface area (Å²) in [6, 6.07) is 0. The van der Waals surface area contributed by atoms with Crippen molar-refractivity contribution in [2.75, 3.05) is 26.9 Å². The molecule has 3 nitrogen and oxygen atoms in total. The van der Waals surface area contributed by atoms with Gasteiger partial charge in [0.1, 0.15) is 0 Å². The third-order valence-electron chi connectivity index (χ3n) is 2.00. The maximum absolute atomic E-state index is 9.54. The smallest absolute Gasteiger partial charge is 0.0700 e. The standard InChI is InChI=1S/C11H24O3/c1-10(2)9-11(12)5-4-6-14-8-7-13-3/h10-12H,4-9H2,1-3H3. The second-order valence-corrected chi connectivity index (χ2v) is 4.03. The number of hydrogen-bond acceptors (Lipinski definition) is 3. The molecule has 0 aliphatic carbocycles. The number of aliphatic hydroxyl groups excluding tert-OH is 1. The Morgan fingerprint density at radius 3 is 2.43 bits per heavy atom. The molecule has 0 bridgehead atoms. The highest BCUT2D eigenvalue weighted by molar-refractivity contribution is 4.58. The number of hydrogen-bond donors (Lipinski definition) is 1. The molecule has 0 radical (unpaired) electrons. The predicted octanol–water partition coefficient (Wildman–Crippen LogP) is 1.84. The Kier molecular flexibility index (Phi) is 9.35. The van der Waals surface area contributed by atoms with Crippen LogP contribution in [0.25, 0.3) is 0 Å². The minimum atomic E-state index is -0.166. The molecule has 0 rings (SSSR count). The Bertz CT molecular complexity index is 115. The third-order valence-corrected chi connectivity index (χ3v) is 2.00. The monoisotopic (exact) mass is 204 g/mol. The van der Waals surface area contributed by atoms with Gasteiger partial charge in [0, 0.05) is 13.7 Å². The van der Waals surface area contributed by atoms with Crippen molar-refractivity contribution < 1.29 is 14.6 Å². The van der Waals surface area contributed by atoms with Crippen molar-refractivity contribution in [3.63, 3.8) is 0 Å². The van der Waals surface area contributed by atoms with E-state index < -0.39 is 0 Å².